The summed E-state index contributed by atoms with van der Waals surface area (Å²) < 4.78 is 13.7. The Bertz CT molecular complexity index is 346. The summed E-state index contributed by atoms with van der Waals surface area (Å²) in [5, 5.41) is 18.1. The van der Waals surface area contributed by atoms with Crippen LogP contribution in [0.15, 0.2) is 10.5 Å². The SMILES string of the molecule is NOCCc1c(Br)cc(O)c(O)c1F. The molecule has 0 bridgehead atoms. The van der Waals surface area contributed by atoms with Crippen LogP contribution in [0.25, 0.3) is 0 Å². The first-order chi connectivity index (χ1) is 6.57. The van der Waals surface area contributed by atoms with Crippen LogP contribution in [0.1, 0.15) is 5.56 Å². The second kappa shape index (κ2) is 4.59. The van der Waals surface area contributed by atoms with Gasteiger partial charge in [-0.05, 0) is 6.07 Å². The van der Waals surface area contributed by atoms with Crippen LogP contribution in [0.3, 0.4) is 0 Å². The summed E-state index contributed by atoms with van der Waals surface area (Å²) in [6.07, 6.45) is 0.205. The van der Waals surface area contributed by atoms with E-state index in [4.69, 9.17) is 16.1 Å². The van der Waals surface area contributed by atoms with E-state index in [2.05, 4.69) is 20.8 Å². The van der Waals surface area contributed by atoms with Crippen LogP contribution < -0.4 is 5.90 Å². The standard InChI is InChI=1S/C8H9BrFNO3/c9-5-3-6(12)8(13)7(10)4(5)1-2-14-11/h3,12-13H,1-2,11H2. The zero-order chi connectivity index (χ0) is 10.7. The Hall–Kier alpha value is -0.850. The number of hydrogen-bond acceptors (Lipinski definition) is 4. The van der Waals surface area contributed by atoms with Gasteiger partial charge in [0.1, 0.15) is 0 Å². The van der Waals surface area contributed by atoms with Crippen molar-refractivity contribution in [1.29, 1.82) is 0 Å². The second-order valence-corrected chi connectivity index (χ2v) is 3.49. The van der Waals surface area contributed by atoms with Gasteiger partial charge in [0.2, 0.25) is 0 Å². The third-order valence-corrected chi connectivity index (χ3v) is 2.44. The van der Waals surface area contributed by atoms with Gasteiger partial charge in [-0.3, -0.25) is 0 Å². The van der Waals surface area contributed by atoms with E-state index in [0.29, 0.717) is 4.47 Å². The molecule has 0 saturated carbocycles. The molecule has 4 nitrogen and oxygen atoms in total. The minimum atomic E-state index is -0.867. The predicted molar refractivity (Wildman–Crippen MR) is 51.3 cm³/mol. The molecule has 0 unspecified atom stereocenters. The van der Waals surface area contributed by atoms with E-state index in [9.17, 15) is 4.39 Å². The van der Waals surface area contributed by atoms with E-state index >= 15 is 0 Å². The Balaban J connectivity index is 3.09. The first-order valence-electron chi connectivity index (χ1n) is 3.78. The average molecular weight is 266 g/mol. The van der Waals surface area contributed by atoms with Gasteiger partial charge in [0.15, 0.2) is 17.3 Å². The van der Waals surface area contributed by atoms with Gasteiger partial charge in [0, 0.05) is 16.5 Å². The number of nitrogens with two attached hydrogens (primary N) is 1. The molecule has 1 aromatic carbocycles. The molecule has 6 heteroatoms. The van der Waals surface area contributed by atoms with Gasteiger partial charge in [0.05, 0.1) is 6.61 Å². The van der Waals surface area contributed by atoms with Gasteiger partial charge in [-0.2, -0.15) is 0 Å². The van der Waals surface area contributed by atoms with Gasteiger partial charge in [-0.1, -0.05) is 15.9 Å². The summed E-state index contributed by atoms with van der Waals surface area (Å²) in [5.74, 6) is 2.66. The third kappa shape index (κ3) is 2.14. The molecular weight excluding hydrogens is 257 g/mol. The van der Waals surface area contributed by atoms with Crippen LogP contribution >= 0.6 is 15.9 Å². The molecule has 78 valence electrons. The summed E-state index contributed by atoms with van der Waals surface area (Å²) in [6, 6.07) is 1.21. The molecule has 1 rings (SSSR count). The fourth-order valence-corrected chi connectivity index (χ4v) is 1.62. The number of phenols is 2. The van der Waals surface area contributed by atoms with Crippen molar-refractivity contribution >= 4 is 15.9 Å². The van der Waals surface area contributed by atoms with E-state index < -0.39 is 17.3 Å². The lowest BCUT2D eigenvalue weighted by atomic mass is 10.1. The monoisotopic (exact) mass is 265 g/mol. The highest BCUT2D eigenvalue weighted by Gasteiger charge is 2.15. The first kappa shape index (κ1) is 11.2. The van der Waals surface area contributed by atoms with Gasteiger partial charge in [0.25, 0.3) is 0 Å². The Morgan fingerprint density at radius 3 is 2.71 bits per heavy atom. The van der Waals surface area contributed by atoms with Crippen molar-refractivity contribution in [2.24, 2.45) is 5.90 Å². The molecule has 0 aliphatic rings. The molecule has 0 aromatic heterocycles. The Labute approximate surface area is 88.2 Å². The molecule has 0 fully saturated rings. The van der Waals surface area contributed by atoms with E-state index in [1.165, 1.54) is 6.07 Å². The van der Waals surface area contributed by atoms with Crippen molar-refractivity contribution in [3.63, 3.8) is 0 Å². The predicted octanol–water partition coefficient (Wildman–Crippen LogP) is 1.43. The maximum atomic E-state index is 13.3. The van der Waals surface area contributed by atoms with Crippen LogP contribution in [-0.4, -0.2) is 16.8 Å². The molecule has 14 heavy (non-hydrogen) atoms. The third-order valence-electron chi connectivity index (χ3n) is 1.74. The summed E-state index contributed by atoms with van der Waals surface area (Å²) in [6.45, 7) is 0.125. The van der Waals surface area contributed by atoms with Crippen molar-refractivity contribution in [2.45, 2.75) is 6.42 Å². The lowest BCUT2D eigenvalue weighted by Gasteiger charge is -2.08. The normalized spacial score (nSPS) is 10.5. The molecule has 4 N–H and O–H groups in total. The largest absolute Gasteiger partial charge is 0.504 e. The Kier molecular flexibility index (Phi) is 3.68. The minimum Gasteiger partial charge on any atom is -0.504 e. The highest BCUT2D eigenvalue weighted by Crippen LogP contribution is 2.35. The molecule has 0 radical (unpaired) electrons. The van der Waals surface area contributed by atoms with Crippen LogP contribution in [0.5, 0.6) is 11.5 Å². The smallest absolute Gasteiger partial charge is 0.194 e. The average Bonchev–Trinajstić information content (AvgIpc) is 2.14. The molecule has 0 aliphatic heterocycles. The molecule has 0 saturated heterocycles. The fraction of sp³-hybridized carbons (Fsp3) is 0.250. The van der Waals surface area contributed by atoms with Crippen molar-refractivity contribution in [3.8, 4) is 11.5 Å². The maximum absolute atomic E-state index is 13.3. The highest BCUT2D eigenvalue weighted by atomic mass is 79.9. The quantitative estimate of drug-likeness (QED) is 0.571. The summed E-state index contributed by atoms with van der Waals surface area (Å²) in [5.41, 5.74) is 0.214. The number of rotatable bonds is 3. The first-order valence-corrected chi connectivity index (χ1v) is 4.57. The number of benzene rings is 1. The fourth-order valence-electron chi connectivity index (χ4n) is 1.03. The van der Waals surface area contributed by atoms with Crippen molar-refractivity contribution in [2.75, 3.05) is 6.61 Å². The van der Waals surface area contributed by atoms with Crippen LogP contribution in [0.2, 0.25) is 0 Å². The van der Waals surface area contributed by atoms with E-state index in [-0.39, 0.29) is 18.6 Å². The number of aromatic hydroxyl groups is 2. The molecular formula is C8H9BrFNO3. The van der Waals surface area contributed by atoms with Crippen LogP contribution in [-0.2, 0) is 11.3 Å². The lowest BCUT2D eigenvalue weighted by Crippen LogP contribution is -2.05. The highest BCUT2D eigenvalue weighted by molar-refractivity contribution is 9.10. The molecule has 0 atom stereocenters. The number of hydrogen-bond donors (Lipinski definition) is 3. The molecule has 0 amide bonds. The van der Waals surface area contributed by atoms with E-state index in [1.807, 2.05) is 0 Å². The number of phenolic OH excluding ortho intramolecular Hbond substituents is 2. The van der Waals surface area contributed by atoms with Crippen molar-refractivity contribution in [1.82, 2.24) is 0 Å². The van der Waals surface area contributed by atoms with Gasteiger partial charge in [-0.15, -0.1) is 0 Å². The second-order valence-electron chi connectivity index (χ2n) is 2.64. The molecule has 0 aliphatic carbocycles. The van der Waals surface area contributed by atoms with Crippen LogP contribution in [0, 0.1) is 5.82 Å². The Morgan fingerprint density at radius 2 is 2.14 bits per heavy atom. The maximum Gasteiger partial charge on any atom is 0.194 e. The van der Waals surface area contributed by atoms with Gasteiger partial charge < -0.3 is 15.1 Å². The van der Waals surface area contributed by atoms with Gasteiger partial charge in [-0.25, -0.2) is 10.3 Å². The molecule has 1 aromatic rings. The van der Waals surface area contributed by atoms with E-state index in [1.54, 1.807) is 0 Å². The van der Waals surface area contributed by atoms with Crippen molar-refractivity contribution in [3.05, 3.63) is 21.9 Å². The Morgan fingerprint density at radius 1 is 1.50 bits per heavy atom. The summed E-state index contributed by atoms with van der Waals surface area (Å²) >= 11 is 3.05. The summed E-state index contributed by atoms with van der Waals surface area (Å²) in [4.78, 5) is 4.29. The lowest BCUT2D eigenvalue weighted by molar-refractivity contribution is 0.140. The minimum absolute atomic E-state index is 0.125. The number of halogens is 2. The summed E-state index contributed by atoms with van der Waals surface area (Å²) in [7, 11) is 0. The molecule has 0 heterocycles. The van der Waals surface area contributed by atoms with E-state index in [0.717, 1.165) is 0 Å². The zero-order valence-electron chi connectivity index (χ0n) is 7.13. The topological polar surface area (TPSA) is 75.7 Å². The zero-order valence-corrected chi connectivity index (χ0v) is 8.71. The molecule has 0 spiro atoms. The van der Waals surface area contributed by atoms with Gasteiger partial charge >= 0.3 is 0 Å². The van der Waals surface area contributed by atoms with Crippen LogP contribution in [0.4, 0.5) is 4.39 Å². The van der Waals surface area contributed by atoms with Crippen molar-refractivity contribution < 1.29 is 19.4 Å².